The number of amides is 4. The van der Waals surface area contributed by atoms with Gasteiger partial charge in [0.25, 0.3) is 0 Å². The fraction of sp³-hybridized carbons (Fsp3) is 0.553. The maximum atomic E-state index is 14.5. The minimum atomic E-state index is -1.41. The summed E-state index contributed by atoms with van der Waals surface area (Å²) < 4.78 is 11.1. The Kier molecular flexibility index (Phi) is 15.8. The van der Waals surface area contributed by atoms with E-state index in [1.165, 1.54) is 4.90 Å². The number of nitrogens with zero attached hydrogens (tertiary/aromatic N) is 1. The summed E-state index contributed by atoms with van der Waals surface area (Å²) in [5.74, 6) is -2.74. The topological polar surface area (TPSA) is 157 Å². The first kappa shape index (κ1) is 40.8. The highest BCUT2D eigenvalue weighted by Gasteiger charge is 2.38. The van der Waals surface area contributed by atoms with Gasteiger partial charge in [0.15, 0.2) is 0 Å². The van der Waals surface area contributed by atoms with E-state index in [4.69, 9.17) is 15.2 Å². The molecule has 0 spiro atoms. The Morgan fingerprint density at radius 2 is 1.37 bits per heavy atom. The Labute approximate surface area is 291 Å². The van der Waals surface area contributed by atoms with Gasteiger partial charge >= 0.3 is 12.1 Å². The molecule has 2 rings (SSSR count). The molecular weight excluding hydrogens is 624 g/mol. The molecule has 0 aliphatic rings. The van der Waals surface area contributed by atoms with Crippen LogP contribution in [0, 0.1) is 0 Å². The zero-order valence-corrected chi connectivity index (χ0v) is 30.5. The highest BCUT2D eigenvalue weighted by Crippen LogP contribution is 2.26. The molecule has 2 aromatic rings. The number of carbonyl (C=O) groups excluding carboxylic acids is 5. The van der Waals surface area contributed by atoms with Crippen molar-refractivity contribution in [2.24, 2.45) is 5.73 Å². The average Bonchev–Trinajstić information content (AvgIpc) is 3.00. The molecule has 0 fully saturated rings. The number of hydrogen-bond donors (Lipinski definition) is 3. The zero-order valence-electron chi connectivity index (χ0n) is 30.5. The van der Waals surface area contributed by atoms with Crippen molar-refractivity contribution in [3.63, 3.8) is 0 Å². The lowest BCUT2D eigenvalue weighted by molar-refractivity contribution is -0.159. The van der Waals surface area contributed by atoms with Gasteiger partial charge in [-0.25, -0.2) is 9.59 Å². The number of alkyl carbamates (subject to hydrolysis) is 1. The van der Waals surface area contributed by atoms with Crippen LogP contribution in [0.1, 0.15) is 110 Å². The second-order valence-corrected chi connectivity index (χ2v) is 14.2. The van der Waals surface area contributed by atoms with Crippen molar-refractivity contribution in [3.05, 3.63) is 71.3 Å². The van der Waals surface area contributed by atoms with Crippen LogP contribution in [0.5, 0.6) is 0 Å². The lowest BCUT2D eigenvalue weighted by atomic mass is 9.98. The van der Waals surface area contributed by atoms with Crippen molar-refractivity contribution in [3.8, 4) is 0 Å². The van der Waals surface area contributed by atoms with Gasteiger partial charge in [-0.05, 0) is 71.1 Å². The van der Waals surface area contributed by atoms with Crippen LogP contribution in [0.3, 0.4) is 0 Å². The lowest BCUT2D eigenvalue weighted by Crippen LogP contribution is -2.55. The van der Waals surface area contributed by atoms with Gasteiger partial charge in [0.05, 0.1) is 6.42 Å². The Balaban J connectivity index is 2.66. The Hall–Kier alpha value is -4.41. The third-order valence-electron chi connectivity index (χ3n) is 7.48. The maximum absolute atomic E-state index is 14.5. The van der Waals surface area contributed by atoms with Crippen molar-refractivity contribution in [1.29, 1.82) is 0 Å². The van der Waals surface area contributed by atoms with Gasteiger partial charge in [0, 0.05) is 13.0 Å². The van der Waals surface area contributed by atoms with Crippen molar-refractivity contribution in [1.82, 2.24) is 15.5 Å². The molecule has 3 atom stereocenters. The van der Waals surface area contributed by atoms with Crippen molar-refractivity contribution < 1.29 is 33.4 Å². The first-order chi connectivity index (χ1) is 22.9. The predicted molar refractivity (Wildman–Crippen MR) is 189 cm³/mol. The average molecular weight is 681 g/mol. The van der Waals surface area contributed by atoms with Gasteiger partial charge in [-0.1, -0.05) is 87.7 Å². The molecule has 0 radical (unpaired) electrons. The van der Waals surface area contributed by atoms with Crippen LogP contribution in [-0.4, -0.2) is 64.5 Å². The first-order valence-corrected chi connectivity index (χ1v) is 17.2. The van der Waals surface area contributed by atoms with Crippen LogP contribution in [-0.2, 0) is 41.5 Å². The fourth-order valence-corrected chi connectivity index (χ4v) is 5.20. The van der Waals surface area contributed by atoms with Crippen LogP contribution >= 0.6 is 0 Å². The monoisotopic (exact) mass is 680 g/mol. The van der Waals surface area contributed by atoms with Crippen LogP contribution < -0.4 is 16.4 Å². The van der Waals surface area contributed by atoms with Crippen LogP contribution in [0.25, 0.3) is 0 Å². The van der Waals surface area contributed by atoms with Crippen LogP contribution in [0.2, 0.25) is 0 Å². The summed E-state index contributed by atoms with van der Waals surface area (Å²) in [4.78, 5) is 68.9. The molecule has 0 heterocycles. The van der Waals surface area contributed by atoms with Gasteiger partial charge < -0.3 is 30.7 Å². The summed E-state index contributed by atoms with van der Waals surface area (Å²) in [7, 11) is 0. The summed E-state index contributed by atoms with van der Waals surface area (Å²) >= 11 is 0. The van der Waals surface area contributed by atoms with E-state index >= 15 is 0 Å². The Morgan fingerprint density at radius 1 is 0.755 bits per heavy atom. The molecule has 270 valence electrons. The van der Waals surface area contributed by atoms with E-state index in [0.29, 0.717) is 12.0 Å². The van der Waals surface area contributed by atoms with E-state index in [-0.39, 0.29) is 13.0 Å². The summed E-state index contributed by atoms with van der Waals surface area (Å²) in [6, 6.07) is 12.8. The Morgan fingerprint density at radius 3 is 1.90 bits per heavy atom. The summed E-state index contributed by atoms with van der Waals surface area (Å²) in [6.45, 7) is 14.5. The molecule has 0 aliphatic carbocycles. The molecule has 2 aromatic carbocycles. The second kappa shape index (κ2) is 19.0. The van der Waals surface area contributed by atoms with Gasteiger partial charge in [-0.2, -0.15) is 0 Å². The third-order valence-corrected chi connectivity index (χ3v) is 7.48. The summed E-state index contributed by atoms with van der Waals surface area (Å²) in [6.07, 6.45) is 2.66. The Bertz CT molecular complexity index is 1380. The molecule has 0 aromatic heterocycles. The van der Waals surface area contributed by atoms with Crippen LogP contribution in [0.15, 0.2) is 54.6 Å². The van der Waals surface area contributed by atoms with E-state index in [0.717, 1.165) is 36.8 Å². The molecule has 0 saturated heterocycles. The molecular formula is C38H56N4O7. The number of carbonyl (C=O) groups is 5. The molecule has 4 amide bonds. The molecule has 3 unspecified atom stereocenters. The molecule has 0 saturated carbocycles. The highest BCUT2D eigenvalue weighted by atomic mass is 16.6. The number of primary amides is 1. The number of rotatable bonds is 17. The number of unbranched alkanes of at least 4 members (excludes halogenated alkanes) is 3. The van der Waals surface area contributed by atoms with E-state index in [9.17, 15) is 24.0 Å². The van der Waals surface area contributed by atoms with Gasteiger partial charge in [0.2, 0.25) is 17.7 Å². The van der Waals surface area contributed by atoms with Crippen molar-refractivity contribution >= 4 is 29.8 Å². The van der Waals surface area contributed by atoms with Crippen LogP contribution in [0.4, 0.5) is 4.79 Å². The largest absolute Gasteiger partial charge is 0.458 e. The highest BCUT2D eigenvalue weighted by molar-refractivity contribution is 5.95. The van der Waals surface area contributed by atoms with Crippen molar-refractivity contribution in [2.75, 3.05) is 6.54 Å². The summed E-state index contributed by atoms with van der Waals surface area (Å²) in [5, 5.41) is 5.40. The molecule has 49 heavy (non-hydrogen) atoms. The number of ether oxygens (including phenoxy) is 2. The predicted octanol–water partition coefficient (Wildman–Crippen LogP) is 5.54. The van der Waals surface area contributed by atoms with E-state index in [2.05, 4.69) is 17.6 Å². The van der Waals surface area contributed by atoms with E-state index in [1.54, 1.807) is 53.7 Å². The number of aryl methyl sites for hydroxylation is 1. The maximum Gasteiger partial charge on any atom is 0.408 e. The number of nitrogens with one attached hydrogen (secondary N) is 2. The first-order valence-electron chi connectivity index (χ1n) is 17.2. The minimum absolute atomic E-state index is 0.132. The van der Waals surface area contributed by atoms with Crippen molar-refractivity contribution in [2.45, 2.75) is 130 Å². The van der Waals surface area contributed by atoms with Gasteiger partial charge in [-0.15, -0.1) is 0 Å². The number of benzene rings is 2. The molecule has 11 heteroatoms. The quantitative estimate of drug-likeness (QED) is 0.146. The summed E-state index contributed by atoms with van der Waals surface area (Å²) in [5.41, 5.74) is 6.18. The fourth-order valence-electron chi connectivity index (χ4n) is 5.20. The van der Waals surface area contributed by atoms with Gasteiger partial charge in [-0.3, -0.25) is 14.4 Å². The molecule has 0 bridgehead atoms. The molecule has 4 N–H and O–H groups in total. The number of hydrogen-bond acceptors (Lipinski definition) is 7. The molecule has 0 aliphatic heterocycles. The standard InChI is InChI=1S/C38H56N4O7/c1-9-11-12-16-23-42(34(45)29(25-31(39)43)41-36(47)49-38(6,7)8)32(28-21-19-26(10-2)20-22-28)33(44)40-30(35(46)48-37(3,4)5)24-27-17-14-13-15-18-27/h13-15,17-22,29-30,32H,9-12,16,23-25H2,1-8H3,(H2,39,43)(H,40,44)(H,41,47). The molecule has 11 nitrogen and oxygen atoms in total. The normalized spacial score (nSPS) is 13.4. The zero-order chi connectivity index (χ0) is 36.8. The SMILES string of the molecule is CCCCCCN(C(=O)C(CC(N)=O)NC(=O)OC(C)(C)C)C(C(=O)NC(Cc1ccccc1)C(=O)OC(C)(C)C)c1ccc(CC)cc1. The second-order valence-electron chi connectivity index (χ2n) is 14.2. The van der Waals surface area contributed by atoms with Gasteiger partial charge in [0.1, 0.15) is 29.3 Å². The van der Waals surface area contributed by atoms with E-state index < -0.39 is 65.5 Å². The third kappa shape index (κ3) is 14.7. The minimum Gasteiger partial charge on any atom is -0.458 e. The number of nitrogens with two attached hydrogens (primary N) is 1. The van der Waals surface area contributed by atoms with E-state index in [1.807, 2.05) is 49.4 Å². The smallest absolute Gasteiger partial charge is 0.408 e. The lowest BCUT2D eigenvalue weighted by Gasteiger charge is -2.35. The number of esters is 1.